The first-order valence-electron chi connectivity index (χ1n) is 6.09. The lowest BCUT2D eigenvalue weighted by Crippen LogP contribution is -2.16. The number of hydrogen-bond acceptors (Lipinski definition) is 5. The molecule has 0 bridgehead atoms. The molecule has 0 aromatic carbocycles. The predicted octanol–water partition coefficient (Wildman–Crippen LogP) is 1.19. The van der Waals surface area contributed by atoms with E-state index in [0.29, 0.717) is 12.2 Å². The summed E-state index contributed by atoms with van der Waals surface area (Å²) < 4.78 is 8.55. The Labute approximate surface area is 129 Å². The third kappa shape index (κ3) is 3.91. The summed E-state index contributed by atoms with van der Waals surface area (Å²) in [7, 11) is 2.92. The van der Waals surface area contributed by atoms with Gasteiger partial charge in [0, 0.05) is 32.4 Å². The summed E-state index contributed by atoms with van der Waals surface area (Å²) in [5.41, 5.74) is 0.408. The molecule has 2 aromatic heterocycles. The summed E-state index contributed by atoms with van der Waals surface area (Å²) in [6, 6.07) is 0. The number of nitrogens with zero attached hydrogens (tertiary/aromatic N) is 4. The third-order valence-corrected chi connectivity index (χ3v) is 3.06. The second-order valence-electron chi connectivity index (χ2n) is 4.28. The average Bonchev–Trinajstić information content (AvgIpc) is 3.01. The number of aryl methyl sites for hydroxylation is 2. The summed E-state index contributed by atoms with van der Waals surface area (Å²) in [6.45, 7) is 0.436. The predicted molar refractivity (Wildman–Crippen MR) is 77.7 cm³/mol. The van der Waals surface area contributed by atoms with Crippen molar-refractivity contribution in [2.45, 2.75) is 13.0 Å². The highest BCUT2D eigenvalue weighted by atomic mass is 79.9. The minimum Gasteiger partial charge on any atom is -0.464 e. The highest BCUT2D eigenvalue weighted by molar-refractivity contribution is 9.10. The van der Waals surface area contributed by atoms with E-state index in [1.807, 2.05) is 0 Å². The second kappa shape index (κ2) is 6.53. The molecule has 2 heterocycles. The maximum Gasteiger partial charge on any atom is 0.360 e. The monoisotopic (exact) mass is 355 g/mol. The Kier molecular flexibility index (Phi) is 4.73. The summed E-state index contributed by atoms with van der Waals surface area (Å²) in [5.74, 6) is -0.832. The number of nitrogens with one attached hydrogen (secondary N) is 1. The number of anilines is 1. The number of carbonyl (C=O) groups excluding carboxylic acids is 2. The maximum atomic E-state index is 11.9. The Morgan fingerprint density at radius 1 is 1.43 bits per heavy atom. The molecule has 0 aliphatic heterocycles. The van der Waals surface area contributed by atoms with Crippen LogP contribution in [0, 0.1) is 0 Å². The molecule has 0 saturated carbocycles. The van der Waals surface area contributed by atoms with Crippen LogP contribution in [-0.4, -0.2) is 38.5 Å². The first-order chi connectivity index (χ1) is 9.99. The van der Waals surface area contributed by atoms with Gasteiger partial charge in [-0.25, -0.2) is 4.79 Å². The van der Waals surface area contributed by atoms with Crippen molar-refractivity contribution in [2.75, 3.05) is 12.4 Å². The van der Waals surface area contributed by atoms with Gasteiger partial charge in [-0.15, -0.1) is 0 Å². The van der Waals surface area contributed by atoms with E-state index in [0.717, 1.165) is 4.47 Å². The molecule has 0 saturated heterocycles. The van der Waals surface area contributed by atoms with Gasteiger partial charge < -0.3 is 10.1 Å². The molecule has 9 heteroatoms. The van der Waals surface area contributed by atoms with Gasteiger partial charge in [0.1, 0.15) is 0 Å². The van der Waals surface area contributed by atoms with E-state index in [-0.39, 0.29) is 18.0 Å². The largest absolute Gasteiger partial charge is 0.464 e. The average molecular weight is 356 g/mol. The number of carbonyl (C=O) groups is 2. The third-order valence-electron chi connectivity index (χ3n) is 2.65. The quantitative estimate of drug-likeness (QED) is 0.813. The van der Waals surface area contributed by atoms with Gasteiger partial charge in [0.2, 0.25) is 5.91 Å². The van der Waals surface area contributed by atoms with E-state index in [4.69, 9.17) is 0 Å². The molecule has 0 unspecified atom stereocenters. The van der Waals surface area contributed by atoms with Crippen molar-refractivity contribution >= 4 is 33.5 Å². The number of methoxy groups -OCH3 is 1. The maximum absolute atomic E-state index is 11.9. The molecule has 0 spiro atoms. The van der Waals surface area contributed by atoms with E-state index in [9.17, 15) is 9.59 Å². The summed E-state index contributed by atoms with van der Waals surface area (Å²) in [6.07, 6.45) is 5.20. The van der Waals surface area contributed by atoms with E-state index < -0.39 is 5.97 Å². The van der Waals surface area contributed by atoms with E-state index >= 15 is 0 Å². The van der Waals surface area contributed by atoms with Crippen LogP contribution >= 0.6 is 15.9 Å². The molecule has 8 nitrogen and oxygen atoms in total. The lowest BCUT2D eigenvalue weighted by Gasteiger charge is -2.04. The lowest BCUT2D eigenvalue weighted by molar-refractivity contribution is -0.116. The fraction of sp³-hybridized carbons (Fsp3) is 0.333. The fourth-order valence-electron chi connectivity index (χ4n) is 1.72. The van der Waals surface area contributed by atoms with Crippen LogP contribution in [0.4, 0.5) is 5.69 Å². The second-order valence-corrected chi connectivity index (χ2v) is 5.19. The Morgan fingerprint density at radius 2 is 2.19 bits per heavy atom. The molecule has 0 radical (unpaired) electrons. The molecule has 21 heavy (non-hydrogen) atoms. The summed E-state index contributed by atoms with van der Waals surface area (Å²) in [4.78, 5) is 23.5. The molecular weight excluding hydrogens is 342 g/mol. The molecule has 1 amide bonds. The Morgan fingerprint density at radius 3 is 2.81 bits per heavy atom. The zero-order chi connectivity index (χ0) is 15.4. The highest BCUT2D eigenvalue weighted by Crippen LogP contribution is 2.14. The van der Waals surface area contributed by atoms with E-state index in [1.165, 1.54) is 11.8 Å². The van der Waals surface area contributed by atoms with Crippen molar-refractivity contribution in [1.82, 2.24) is 19.6 Å². The number of amides is 1. The zero-order valence-corrected chi connectivity index (χ0v) is 13.1. The topological polar surface area (TPSA) is 91.0 Å². The Bertz CT molecular complexity index is 664. The number of aromatic nitrogens is 4. The van der Waals surface area contributed by atoms with Crippen LogP contribution in [0.2, 0.25) is 0 Å². The van der Waals surface area contributed by atoms with Gasteiger partial charge in [-0.05, 0) is 15.9 Å². The van der Waals surface area contributed by atoms with E-state index in [1.54, 1.807) is 30.3 Å². The standard InChI is InChI=1S/C12H14BrN5O3/c1-17-7-9(11(16-17)12(20)21-2)15-10(19)3-4-18-6-8(13)5-14-18/h5-7H,3-4H2,1-2H3,(H,15,19). The zero-order valence-electron chi connectivity index (χ0n) is 11.5. The van der Waals surface area contributed by atoms with Gasteiger partial charge in [-0.1, -0.05) is 0 Å². The van der Waals surface area contributed by atoms with Crippen LogP contribution in [0.15, 0.2) is 23.1 Å². The minimum atomic E-state index is -0.595. The van der Waals surface area contributed by atoms with Crippen LogP contribution in [0.5, 0.6) is 0 Å². The number of esters is 1. The summed E-state index contributed by atoms with van der Waals surface area (Å²) >= 11 is 3.28. The van der Waals surface area contributed by atoms with Crippen LogP contribution in [0.1, 0.15) is 16.9 Å². The molecule has 0 aliphatic carbocycles. The van der Waals surface area contributed by atoms with Gasteiger partial charge in [-0.2, -0.15) is 10.2 Å². The molecular formula is C12H14BrN5O3. The molecule has 2 rings (SSSR count). The molecule has 0 fully saturated rings. The Balaban J connectivity index is 1.98. The highest BCUT2D eigenvalue weighted by Gasteiger charge is 2.18. The normalized spacial score (nSPS) is 10.4. The van der Waals surface area contributed by atoms with Gasteiger partial charge in [0.05, 0.1) is 23.5 Å². The van der Waals surface area contributed by atoms with Crippen molar-refractivity contribution in [3.63, 3.8) is 0 Å². The minimum absolute atomic E-state index is 0.0789. The van der Waals surface area contributed by atoms with Crippen LogP contribution in [-0.2, 0) is 23.1 Å². The molecule has 112 valence electrons. The van der Waals surface area contributed by atoms with Crippen molar-refractivity contribution < 1.29 is 14.3 Å². The van der Waals surface area contributed by atoms with Gasteiger partial charge in [0.25, 0.3) is 0 Å². The van der Waals surface area contributed by atoms with Gasteiger partial charge in [-0.3, -0.25) is 14.2 Å². The smallest absolute Gasteiger partial charge is 0.360 e. The lowest BCUT2D eigenvalue weighted by atomic mass is 10.3. The number of ether oxygens (including phenoxy) is 1. The molecule has 2 aromatic rings. The van der Waals surface area contributed by atoms with Gasteiger partial charge in [0.15, 0.2) is 5.69 Å². The fourth-order valence-corrected chi connectivity index (χ4v) is 2.04. The first kappa shape index (κ1) is 15.2. The SMILES string of the molecule is COC(=O)c1nn(C)cc1NC(=O)CCn1cc(Br)cn1. The van der Waals surface area contributed by atoms with Crippen LogP contribution in [0.3, 0.4) is 0 Å². The van der Waals surface area contributed by atoms with Gasteiger partial charge >= 0.3 is 5.97 Å². The first-order valence-corrected chi connectivity index (χ1v) is 6.88. The van der Waals surface area contributed by atoms with Crippen molar-refractivity contribution in [1.29, 1.82) is 0 Å². The summed E-state index contributed by atoms with van der Waals surface area (Å²) in [5, 5.41) is 10.7. The molecule has 0 atom stereocenters. The van der Waals surface area contributed by atoms with Crippen molar-refractivity contribution in [2.24, 2.45) is 7.05 Å². The van der Waals surface area contributed by atoms with Crippen molar-refractivity contribution in [3.8, 4) is 0 Å². The van der Waals surface area contributed by atoms with Crippen LogP contribution in [0.25, 0.3) is 0 Å². The van der Waals surface area contributed by atoms with E-state index in [2.05, 4.69) is 36.2 Å². The Hall–Kier alpha value is -2.16. The van der Waals surface area contributed by atoms with Crippen molar-refractivity contribution in [3.05, 3.63) is 28.8 Å². The molecule has 0 aliphatic rings. The van der Waals surface area contributed by atoms with Crippen LogP contribution < -0.4 is 5.32 Å². The number of halogens is 1. The molecule has 1 N–H and O–H groups in total. The number of rotatable bonds is 5. The number of hydrogen-bond donors (Lipinski definition) is 1.